The maximum atomic E-state index is 13.6. The van der Waals surface area contributed by atoms with Gasteiger partial charge < -0.3 is 14.6 Å². The molecule has 31 heavy (non-hydrogen) atoms. The van der Waals surface area contributed by atoms with Gasteiger partial charge in [-0.3, -0.25) is 14.4 Å². The van der Waals surface area contributed by atoms with Gasteiger partial charge in [-0.1, -0.05) is 0 Å². The Bertz CT molecular complexity index is 1000. The Morgan fingerprint density at radius 3 is 2.48 bits per heavy atom. The number of carbonyl (C=O) groups excluding carboxylic acids is 3. The topological polar surface area (TPSA) is 103 Å². The number of nitrogens with zero attached hydrogens (tertiary/aromatic N) is 1. The molecule has 2 aromatic rings. The van der Waals surface area contributed by atoms with Crippen LogP contribution in [0, 0.1) is 23.5 Å². The number of thiazole rings is 1. The fraction of sp³-hybridized carbons (Fsp3) is 0.429. The molecule has 1 heterocycles. The van der Waals surface area contributed by atoms with Crippen LogP contribution in [-0.2, 0) is 23.9 Å². The summed E-state index contributed by atoms with van der Waals surface area (Å²) in [6, 6.07) is 2.96. The minimum atomic E-state index is -1.80. The van der Waals surface area contributed by atoms with Crippen LogP contribution >= 0.6 is 11.3 Å². The summed E-state index contributed by atoms with van der Waals surface area (Å²) in [5, 5.41) is 11.0. The fourth-order valence-corrected chi connectivity index (χ4v) is 5.03. The van der Waals surface area contributed by atoms with Gasteiger partial charge in [0, 0.05) is 24.6 Å². The molecule has 7 nitrogen and oxygen atoms in total. The van der Waals surface area contributed by atoms with Gasteiger partial charge in [0.1, 0.15) is 17.6 Å². The van der Waals surface area contributed by atoms with E-state index in [-0.39, 0.29) is 17.2 Å². The Morgan fingerprint density at radius 2 is 1.90 bits per heavy atom. The molecular weight excluding hydrogens is 432 g/mol. The third-order valence-corrected chi connectivity index (χ3v) is 6.37. The van der Waals surface area contributed by atoms with Crippen LogP contribution in [0.4, 0.5) is 8.78 Å². The van der Waals surface area contributed by atoms with Crippen molar-refractivity contribution < 1.29 is 37.7 Å². The lowest BCUT2D eigenvalue weighted by Crippen LogP contribution is -2.55. The van der Waals surface area contributed by atoms with Crippen molar-refractivity contribution in [3.05, 3.63) is 41.0 Å². The molecule has 1 aromatic heterocycles. The molecular formula is C21H21F2NO6S. The molecule has 0 radical (unpaired) electrons. The number of ether oxygens (including phenoxy) is 2. The Balaban J connectivity index is 2.13. The Kier molecular flexibility index (Phi) is 6.51. The van der Waals surface area contributed by atoms with Crippen molar-refractivity contribution in [1.29, 1.82) is 0 Å². The molecule has 0 saturated heterocycles. The molecule has 1 aliphatic carbocycles. The van der Waals surface area contributed by atoms with Crippen LogP contribution in [-0.4, -0.2) is 47.1 Å². The summed E-state index contributed by atoms with van der Waals surface area (Å²) >= 11 is 0.960. The van der Waals surface area contributed by atoms with Crippen molar-refractivity contribution >= 4 is 29.1 Å². The first-order valence-electron chi connectivity index (χ1n) is 9.50. The van der Waals surface area contributed by atoms with Crippen LogP contribution in [0.1, 0.15) is 31.2 Å². The third kappa shape index (κ3) is 4.49. The number of aliphatic hydroxyl groups is 1. The second-order valence-corrected chi connectivity index (χ2v) is 8.54. The predicted molar refractivity (Wildman–Crippen MR) is 106 cm³/mol. The molecule has 0 bridgehead atoms. The number of aromatic nitrogens is 1. The second-order valence-electron chi connectivity index (χ2n) is 7.48. The number of Topliss-reactive ketones (excluding diaryl/α,β-unsaturated/α-hetero) is 1. The van der Waals surface area contributed by atoms with Crippen LogP contribution in [0.25, 0.3) is 10.4 Å². The van der Waals surface area contributed by atoms with Gasteiger partial charge in [0.15, 0.2) is 5.78 Å². The molecule has 0 amide bonds. The highest BCUT2D eigenvalue weighted by molar-refractivity contribution is 7.15. The minimum Gasteiger partial charge on any atom is -0.469 e. The summed E-state index contributed by atoms with van der Waals surface area (Å²) < 4.78 is 37.2. The number of ketones is 1. The average molecular weight is 453 g/mol. The normalized spacial score (nSPS) is 25.9. The van der Waals surface area contributed by atoms with Crippen LogP contribution < -0.4 is 0 Å². The molecule has 1 aliphatic rings. The van der Waals surface area contributed by atoms with E-state index in [1.165, 1.54) is 13.1 Å². The van der Waals surface area contributed by atoms with Gasteiger partial charge in [0.25, 0.3) is 0 Å². The highest BCUT2D eigenvalue weighted by atomic mass is 32.1. The zero-order chi connectivity index (χ0) is 22.9. The lowest BCUT2D eigenvalue weighted by Gasteiger charge is -2.42. The average Bonchev–Trinajstić information content (AvgIpc) is 3.15. The van der Waals surface area contributed by atoms with Crippen molar-refractivity contribution in [3.8, 4) is 10.4 Å². The zero-order valence-electron chi connectivity index (χ0n) is 17.1. The van der Waals surface area contributed by atoms with Crippen molar-refractivity contribution in [2.75, 3.05) is 13.7 Å². The third-order valence-electron chi connectivity index (χ3n) is 5.22. The monoisotopic (exact) mass is 453 g/mol. The van der Waals surface area contributed by atoms with Crippen molar-refractivity contribution in [2.45, 2.75) is 31.8 Å². The van der Waals surface area contributed by atoms with Gasteiger partial charge in [-0.2, -0.15) is 0 Å². The standard InChI is InChI=1S/C21H21F2NO6S/c1-4-30-19(26)15-13(25)8-21(2,28)17(20(27)29-3)16(15)18-24-9-14(31-18)10-5-11(22)7-12(23)6-10/h5-7,9,15-17,28H,4,8H2,1-3H3. The number of rotatable bonds is 5. The molecule has 3 rings (SSSR count). The predicted octanol–water partition coefficient (Wildman–Crippen LogP) is 2.86. The van der Waals surface area contributed by atoms with E-state index >= 15 is 0 Å². The highest BCUT2D eigenvalue weighted by Crippen LogP contribution is 2.48. The van der Waals surface area contributed by atoms with E-state index < -0.39 is 59.1 Å². The quantitative estimate of drug-likeness (QED) is 0.549. The van der Waals surface area contributed by atoms with Gasteiger partial charge in [-0.05, 0) is 31.5 Å². The van der Waals surface area contributed by atoms with Crippen molar-refractivity contribution in [2.24, 2.45) is 11.8 Å². The zero-order valence-corrected chi connectivity index (χ0v) is 17.9. The molecule has 10 heteroatoms. The lowest BCUT2D eigenvalue weighted by atomic mass is 9.64. The maximum Gasteiger partial charge on any atom is 0.317 e. The Labute approximate surface area is 181 Å². The van der Waals surface area contributed by atoms with Crippen LogP contribution in [0.3, 0.4) is 0 Å². The molecule has 1 aromatic carbocycles. The first kappa shape index (κ1) is 23.0. The highest BCUT2D eigenvalue weighted by Gasteiger charge is 2.58. The Morgan fingerprint density at radius 1 is 1.26 bits per heavy atom. The summed E-state index contributed by atoms with van der Waals surface area (Å²) in [4.78, 5) is 42.6. The van der Waals surface area contributed by atoms with Gasteiger partial charge in [-0.15, -0.1) is 11.3 Å². The molecule has 166 valence electrons. The summed E-state index contributed by atoms with van der Waals surface area (Å²) in [6.07, 6.45) is 0.888. The number of carbonyl (C=O) groups is 3. The lowest BCUT2D eigenvalue weighted by molar-refractivity contribution is -0.171. The van der Waals surface area contributed by atoms with Crippen molar-refractivity contribution in [3.63, 3.8) is 0 Å². The van der Waals surface area contributed by atoms with Gasteiger partial charge in [0.2, 0.25) is 0 Å². The first-order chi connectivity index (χ1) is 14.6. The van der Waals surface area contributed by atoms with E-state index in [0.717, 1.165) is 36.6 Å². The smallest absolute Gasteiger partial charge is 0.317 e. The first-order valence-corrected chi connectivity index (χ1v) is 10.3. The maximum absolute atomic E-state index is 13.6. The van der Waals surface area contributed by atoms with Crippen molar-refractivity contribution in [1.82, 2.24) is 4.98 Å². The number of esters is 2. The molecule has 1 fully saturated rings. The van der Waals surface area contributed by atoms with E-state index in [1.807, 2.05) is 0 Å². The molecule has 0 aliphatic heterocycles. The molecule has 4 unspecified atom stereocenters. The SMILES string of the molecule is CCOC(=O)C1C(=O)CC(C)(O)C(C(=O)OC)C1c1ncc(-c2cc(F)cc(F)c2)s1. The largest absolute Gasteiger partial charge is 0.469 e. The van der Waals surface area contributed by atoms with E-state index in [9.17, 15) is 28.3 Å². The number of methoxy groups -OCH3 is 1. The second kappa shape index (κ2) is 8.80. The number of halogens is 2. The van der Waals surface area contributed by atoms with Gasteiger partial charge >= 0.3 is 11.9 Å². The number of benzene rings is 1. The fourth-order valence-electron chi connectivity index (χ4n) is 3.95. The van der Waals surface area contributed by atoms with Gasteiger partial charge in [0.05, 0.1) is 35.1 Å². The summed E-state index contributed by atoms with van der Waals surface area (Å²) in [6.45, 7) is 2.91. The summed E-state index contributed by atoms with van der Waals surface area (Å²) in [5.41, 5.74) is -1.59. The van der Waals surface area contributed by atoms with Gasteiger partial charge in [-0.25, -0.2) is 13.8 Å². The summed E-state index contributed by atoms with van der Waals surface area (Å²) in [5.74, 6) is -7.64. The van der Waals surface area contributed by atoms with E-state index in [1.54, 1.807) is 6.92 Å². The minimum absolute atomic E-state index is 0.0142. The van der Waals surface area contributed by atoms with E-state index in [2.05, 4.69) is 4.98 Å². The number of hydrogen-bond donors (Lipinski definition) is 1. The van der Waals surface area contributed by atoms with Crippen LogP contribution in [0.5, 0.6) is 0 Å². The number of hydrogen-bond acceptors (Lipinski definition) is 8. The van der Waals surface area contributed by atoms with E-state index in [0.29, 0.717) is 4.88 Å². The molecule has 4 atom stereocenters. The van der Waals surface area contributed by atoms with Crippen LogP contribution in [0.2, 0.25) is 0 Å². The molecule has 1 saturated carbocycles. The Hall–Kier alpha value is -2.72. The molecule has 0 spiro atoms. The van der Waals surface area contributed by atoms with Crippen LogP contribution in [0.15, 0.2) is 24.4 Å². The summed E-state index contributed by atoms with van der Waals surface area (Å²) in [7, 11) is 1.13. The van der Waals surface area contributed by atoms with E-state index in [4.69, 9.17) is 9.47 Å². The molecule has 1 N–H and O–H groups in total.